The molecule has 0 bridgehead atoms. The molecule has 0 atom stereocenters. The Morgan fingerprint density at radius 1 is 0.867 bits per heavy atom. The maximum Gasteiger partial charge on any atom is 0.156 e. The third-order valence-electron chi connectivity index (χ3n) is 2.29. The number of hydrogen-bond donors (Lipinski definition) is 0. The molecule has 0 saturated carbocycles. The molecule has 2 heteroatoms. The van der Waals surface area contributed by atoms with Gasteiger partial charge in [0, 0.05) is 5.02 Å². The Morgan fingerprint density at radius 3 is 2.20 bits per heavy atom. The molecule has 15 heavy (non-hydrogen) atoms. The highest BCUT2D eigenvalue weighted by atomic mass is 35.5. The first-order chi connectivity index (χ1) is 7.34. The van der Waals surface area contributed by atoms with E-state index in [1.165, 1.54) is 11.0 Å². The Bertz CT molecular complexity index is 408. The highest BCUT2D eigenvalue weighted by Gasteiger charge is 1.97. The van der Waals surface area contributed by atoms with E-state index in [4.69, 9.17) is 11.6 Å². The summed E-state index contributed by atoms with van der Waals surface area (Å²) in [6.45, 7) is 0. The van der Waals surface area contributed by atoms with Gasteiger partial charge < -0.3 is 0 Å². The smallest absolute Gasteiger partial charge is 0.0874 e. The van der Waals surface area contributed by atoms with Gasteiger partial charge in [0.05, 0.1) is 0 Å². The van der Waals surface area contributed by atoms with Crippen LogP contribution in [0.3, 0.4) is 0 Å². The van der Waals surface area contributed by atoms with E-state index in [1.54, 1.807) is 0 Å². The summed E-state index contributed by atoms with van der Waals surface area (Å²) < 4.78 is 0. The summed E-state index contributed by atoms with van der Waals surface area (Å²) in [6.07, 6.45) is 0.946. The van der Waals surface area contributed by atoms with Gasteiger partial charge in [0.15, 0.2) is 7.28 Å². The fourth-order valence-electron chi connectivity index (χ4n) is 1.45. The second-order valence-electron chi connectivity index (χ2n) is 3.45. The van der Waals surface area contributed by atoms with Crippen LogP contribution >= 0.6 is 11.6 Å². The molecule has 0 nitrogen and oxygen atoms in total. The first-order valence-electron chi connectivity index (χ1n) is 4.97. The molecule has 0 aromatic heterocycles. The van der Waals surface area contributed by atoms with Crippen molar-refractivity contribution in [1.82, 2.24) is 0 Å². The zero-order valence-electron chi connectivity index (χ0n) is 8.36. The number of rotatable bonds is 3. The molecule has 2 aromatic carbocycles. The second kappa shape index (κ2) is 5.04. The van der Waals surface area contributed by atoms with E-state index >= 15 is 0 Å². The van der Waals surface area contributed by atoms with Crippen molar-refractivity contribution in [2.75, 3.05) is 0 Å². The van der Waals surface area contributed by atoms with Crippen molar-refractivity contribution in [1.29, 1.82) is 0 Å². The van der Waals surface area contributed by atoms with E-state index in [2.05, 4.69) is 31.5 Å². The Morgan fingerprint density at radius 2 is 1.53 bits per heavy atom. The molecule has 1 radical (unpaired) electrons. The minimum Gasteiger partial charge on any atom is -0.0874 e. The van der Waals surface area contributed by atoms with Gasteiger partial charge in [-0.3, -0.25) is 0 Å². The summed E-state index contributed by atoms with van der Waals surface area (Å²) in [7, 11) is 2.21. The van der Waals surface area contributed by atoms with E-state index in [0.29, 0.717) is 0 Å². The molecule has 0 amide bonds. The van der Waals surface area contributed by atoms with Crippen LogP contribution in [-0.4, -0.2) is 7.28 Å². The van der Waals surface area contributed by atoms with Crippen molar-refractivity contribution in [2.45, 2.75) is 6.32 Å². The third-order valence-corrected chi connectivity index (χ3v) is 2.54. The molecule has 0 unspecified atom stereocenters. The summed E-state index contributed by atoms with van der Waals surface area (Å²) in [5.41, 5.74) is 2.54. The van der Waals surface area contributed by atoms with Crippen LogP contribution in [0.1, 0.15) is 5.56 Å². The van der Waals surface area contributed by atoms with Gasteiger partial charge in [-0.2, -0.15) is 0 Å². The standard InChI is InChI=1S/C13H11BCl/c15-13-8-6-11(7-9-13)10-14-12-4-2-1-3-5-12/h1-9H,10H2. The monoisotopic (exact) mass is 213 g/mol. The lowest BCUT2D eigenvalue weighted by atomic mass is 9.65. The van der Waals surface area contributed by atoms with Crippen molar-refractivity contribution in [3.05, 3.63) is 65.2 Å². The topological polar surface area (TPSA) is 0 Å². The first kappa shape index (κ1) is 10.3. The van der Waals surface area contributed by atoms with Gasteiger partial charge in [0.1, 0.15) is 0 Å². The van der Waals surface area contributed by atoms with Crippen molar-refractivity contribution < 1.29 is 0 Å². The summed E-state index contributed by atoms with van der Waals surface area (Å²) in [5.74, 6) is 0. The maximum atomic E-state index is 5.82. The normalized spacial score (nSPS) is 9.93. The molecule has 0 aliphatic heterocycles. The SMILES string of the molecule is Clc1ccc(C[B]c2ccccc2)cc1. The molecule has 0 spiro atoms. The molecule has 2 aromatic rings. The highest BCUT2D eigenvalue weighted by Crippen LogP contribution is 2.09. The van der Waals surface area contributed by atoms with Crippen molar-refractivity contribution >= 4 is 24.3 Å². The molecule has 0 aliphatic rings. The Hall–Kier alpha value is -1.21. The number of halogens is 1. The lowest BCUT2D eigenvalue weighted by Crippen LogP contribution is -2.15. The summed E-state index contributed by atoms with van der Waals surface area (Å²) >= 11 is 5.82. The Labute approximate surface area is 96.1 Å². The lowest BCUT2D eigenvalue weighted by molar-refractivity contribution is 1.39. The van der Waals surface area contributed by atoms with Gasteiger partial charge in [-0.25, -0.2) is 0 Å². The van der Waals surface area contributed by atoms with Crippen molar-refractivity contribution in [3.63, 3.8) is 0 Å². The van der Waals surface area contributed by atoms with Gasteiger partial charge >= 0.3 is 0 Å². The van der Waals surface area contributed by atoms with E-state index < -0.39 is 0 Å². The summed E-state index contributed by atoms with van der Waals surface area (Å²) in [4.78, 5) is 0. The molecule has 73 valence electrons. The van der Waals surface area contributed by atoms with E-state index in [0.717, 1.165) is 11.3 Å². The molecule has 0 saturated heterocycles. The van der Waals surface area contributed by atoms with Crippen LogP contribution < -0.4 is 5.46 Å². The molecular formula is C13H11BCl. The van der Waals surface area contributed by atoms with Crippen molar-refractivity contribution in [2.24, 2.45) is 0 Å². The van der Waals surface area contributed by atoms with Crippen LogP contribution in [0.2, 0.25) is 5.02 Å². The summed E-state index contributed by atoms with van der Waals surface area (Å²) in [6, 6.07) is 18.3. The molecule has 0 heterocycles. The maximum absolute atomic E-state index is 5.82. The van der Waals surface area contributed by atoms with Gasteiger partial charge in [0.25, 0.3) is 0 Å². The average Bonchev–Trinajstić information content (AvgIpc) is 2.30. The third kappa shape index (κ3) is 3.14. The van der Waals surface area contributed by atoms with Crippen LogP contribution in [0, 0.1) is 0 Å². The zero-order chi connectivity index (χ0) is 10.5. The highest BCUT2D eigenvalue weighted by molar-refractivity contribution is 6.52. The number of hydrogen-bond acceptors (Lipinski definition) is 0. The van der Waals surface area contributed by atoms with Crippen LogP contribution in [0.5, 0.6) is 0 Å². The lowest BCUT2D eigenvalue weighted by Gasteiger charge is -2.00. The van der Waals surface area contributed by atoms with Gasteiger partial charge in [0.2, 0.25) is 0 Å². The van der Waals surface area contributed by atoms with Crippen molar-refractivity contribution in [3.8, 4) is 0 Å². The molecule has 2 rings (SSSR count). The predicted octanol–water partition coefficient (Wildman–Crippen LogP) is 2.87. The quantitative estimate of drug-likeness (QED) is 0.688. The fraction of sp³-hybridized carbons (Fsp3) is 0.0769. The van der Waals surface area contributed by atoms with Gasteiger partial charge in [-0.1, -0.05) is 65.1 Å². The summed E-state index contributed by atoms with van der Waals surface area (Å²) in [5, 5.41) is 0.790. The van der Waals surface area contributed by atoms with Crippen LogP contribution in [-0.2, 0) is 6.32 Å². The number of benzene rings is 2. The van der Waals surface area contributed by atoms with Crippen LogP contribution in [0.4, 0.5) is 0 Å². The van der Waals surface area contributed by atoms with E-state index in [1.807, 2.05) is 30.3 Å². The Kier molecular flexibility index (Phi) is 3.47. The minimum absolute atomic E-state index is 0.790. The minimum atomic E-state index is 0.790. The second-order valence-corrected chi connectivity index (χ2v) is 3.88. The first-order valence-corrected chi connectivity index (χ1v) is 5.35. The predicted molar refractivity (Wildman–Crippen MR) is 67.0 cm³/mol. The average molecular weight is 213 g/mol. The van der Waals surface area contributed by atoms with E-state index in [-0.39, 0.29) is 0 Å². The largest absolute Gasteiger partial charge is 0.156 e. The van der Waals surface area contributed by atoms with Crippen LogP contribution in [0.15, 0.2) is 54.6 Å². The molecule has 0 fully saturated rings. The molecule has 0 aliphatic carbocycles. The fourth-order valence-corrected chi connectivity index (χ4v) is 1.57. The van der Waals surface area contributed by atoms with E-state index in [9.17, 15) is 0 Å². The molecule has 0 N–H and O–H groups in total. The van der Waals surface area contributed by atoms with Gasteiger partial charge in [-0.15, -0.1) is 0 Å². The Balaban J connectivity index is 1.96. The van der Waals surface area contributed by atoms with Crippen LogP contribution in [0.25, 0.3) is 0 Å². The zero-order valence-corrected chi connectivity index (χ0v) is 9.11. The molecular weight excluding hydrogens is 202 g/mol. The van der Waals surface area contributed by atoms with Gasteiger partial charge in [-0.05, 0) is 18.5 Å².